The van der Waals surface area contributed by atoms with E-state index in [1.165, 1.54) is 19.1 Å². The summed E-state index contributed by atoms with van der Waals surface area (Å²) >= 11 is 0. The standard InChI is InChI=1S/C8H8O3S/c1-6(9)7-4-2-3-5-8(7)12(10)11/h2-5,12H,1H3. The number of benzene rings is 1. The molecule has 0 aliphatic heterocycles. The minimum atomic E-state index is -2.67. The van der Waals surface area contributed by atoms with Crippen LogP contribution in [-0.4, -0.2) is 14.2 Å². The molecule has 0 bridgehead atoms. The molecule has 4 heteroatoms. The molecule has 0 saturated heterocycles. The van der Waals surface area contributed by atoms with Crippen LogP contribution in [0.4, 0.5) is 0 Å². The molecule has 0 aliphatic rings. The van der Waals surface area contributed by atoms with Crippen LogP contribution in [0.2, 0.25) is 0 Å². The quantitative estimate of drug-likeness (QED) is 0.548. The van der Waals surface area contributed by atoms with Crippen molar-refractivity contribution in [2.45, 2.75) is 11.8 Å². The molecule has 64 valence electrons. The third-order valence-electron chi connectivity index (χ3n) is 1.48. The molecule has 0 radical (unpaired) electrons. The highest BCUT2D eigenvalue weighted by molar-refractivity contribution is 7.72. The summed E-state index contributed by atoms with van der Waals surface area (Å²) in [4.78, 5) is 11.0. The Kier molecular flexibility index (Phi) is 2.60. The molecule has 0 aromatic heterocycles. The molecule has 0 aliphatic carbocycles. The van der Waals surface area contributed by atoms with Gasteiger partial charge in [0.05, 0.1) is 4.90 Å². The third kappa shape index (κ3) is 1.71. The van der Waals surface area contributed by atoms with Gasteiger partial charge in [0.1, 0.15) is 0 Å². The van der Waals surface area contributed by atoms with E-state index < -0.39 is 10.7 Å². The van der Waals surface area contributed by atoms with Crippen LogP contribution in [0.5, 0.6) is 0 Å². The molecule has 12 heavy (non-hydrogen) atoms. The van der Waals surface area contributed by atoms with Crippen molar-refractivity contribution in [3.05, 3.63) is 29.8 Å². The first kappa shape index (κ1) is 8.93. The Balaban J connectivity index is 3.36. The molecule has 0 N–H and O–H groups in total. The molecular formula is C8H8O3S. The van der Waals surface area contributed by atoms with E-state index >= 15 is 0 Å². The van der Waals surface area contributed by atoms with Gasteiger partial charge < -0.3 is 0 Å². The smallest absolute Gasteiger partial charge is 0.169 e. The van der Waals surface area contributed by atoms with Crippen molar-refractivity contribution in [1.82, 2.24) is 0 Å². The lowest BCUT2D eigenvalue weighted by atomic mass is 10.1. The fourth-order valence-corrected chi connectivity index (χ4v) is 1.57. The van der Waals surface area contributed by atoms with Crippen LogP contribution < -0.4 is 0 Å². The molecule has 0 atom stereocenters. The fourth-order valence-electron chi connectivity index (χ4n) is 0.931. The number of ketones is 1. The van der Waals surface area contributed by atoms with Gasteiger partial charge in [0.2, 0.25) is 0 Å². The van der Waals surface area contributed by atoms with Crippen LogP contribution in [0.25, 0.3) is 0 Å². The van der Waals surface area contributed by atoms with E-state index in [1.807, 2.05) is 0 Å². The topological polar surface area (TPSA) is 51.2 Å². The minimum Gasteiger partial charge on any atom is -0.294 e. The molecule has 0 spiro atoms. The highest BCUT2D eigenvalue weighted by Crippen LogP contribution is 2.10. The number of carbonyl (C=O) groups excluding carboxylic acids is 1. The van der Waals surface area contributed by atoms with Gasteiger partial charge >= 0.3 is 0 Å². The Hall–Kier alpha value is -1.16. The third-order valence-corrected chi connectivity index (χ3v) is 2.26. The average Bonchev–Trinajstić information content (AvgIpc) is 2.04. The predicted octanol–water partition coefficient (Wildman–Crippen LogP) is 0.860. The second kappa shape index (κ2) is 3.49. The molecule has 0 amide bonds. The minimum absolute atomic E-state index is 0.0972. The van der Waals surface area contributed by atoms with E-state index in [0.29, 0.717) is 0 Å². The summed E-state index contributed by atoms with van der Waals surface area (Å²) in [7, 11) is -2.67. The lowest BCUT2D eigenvalue weighted by molar-refractivity contribution is 0.101. The molecule has 3 nitrogen and oxygen atoms in total. The zero-order valence-electron chi connectivity index (χ0n) is 6.48. The largest absolute Gasteiger partial charge is 0.294 e. The van der Waals surface area contributed by atoms with Crippen molar-refractivity contribution in [2.75, 3.05) is 0 Å². The van der Waals surface area contributed by atoms with Crippen molar-refractivity contribution in [1.29, 1.82) is 0 Å². The summed E-state index contributed by atoms with van der Waals surface area (Å²) in [5.74, 6) is -0.232. The van der Waals surface area contributed by atoms with Crippen LogP contribution in [0, 0.1) is 0 Å². The van der Waals surface area contributed by atoms with E-state index in [2.05, 4.69) is 0 Å². The van der Waals surface area contributed by atoms with Crippen LogP contribution in [0.3, 0.4) is 0 Å². The molecule has 0 heterocycles. The second-order valence-electron chi connectivity index (χ2n) is 2.33. The van der Waals surface area contributed by atoms with Gasteiger partial charge in [-0.2, -0.15) is 0 Å². The summed E-state index contributed by atoms with van der Waals surface area (Å²) in [6.45, 7) is 1.34. The van der Waals surface area contributed by atoms with Gasteiger partial charge in [-0.15, -0.1) is 0 Å². The first-order valence-corrected chi connectivity index (χ1v) is 4.55. The molecule has 0 unspecified atom stereocenters. The molecule has 1 aromatic rings. The van der Waals surface area contributed by atoms with Gasteiger partial charge in [-0.05, 0) is 13.0 Å². The van der Waals surface area contributed by atoms with Crippen molar-refractivity contribution >= 4 is 16.5 Å². The maximum absolute atomic E-state index is 10.9. The molecule has 1 aromatic carbocycles. The van der Waals surface area contributed by atoms with Gasteiger partial charge in [0, 0.05) is 5.56 Å². The van der Waals surface area contributed by atoms with Gasteiger partial charge in [0.25, 0.3) is 0 Å². The number of carbonyl (C=O) groups is 1. The summed E-state index contributed by atoms with van der Waals surface area (Å²) in [5, 5.41) is 0. The predicted molar refractivity (Wildman–Crippen MR) is 45.0 cm³/mol. The first-order chi connectivity index (χ1) is 5.63. The Labute approximate surface area is 72.0 Å². The molecular weight excluding hydrogens is 176 g/mol. The van der Waals surface area contributed by atoms with Crippen molar-refractivity contribution in [3.8, 4) is 0 Å². The van der Waals surface area contributed by atoms with Crippen LogP contribution in [-0.2, 0) is 10.7 Å². The highest BCUT2D eigenvalue weighted by Gasteiger charge is 2.06. The lowest BCUT2D eigenvalue weighted by Gasteiger charge is -1.97. The maximum atomic E-state index is 10.9. The normalized spacial score (nSPS) is 10.2. The molecule has 0 fully saturated rings. The fraction of sp³-hybridized carbons (Fsp3) is 0.125. The van der Waals surface area contributed by atoms with Crippen molar-refractivity contribution in [3.63, 3.8) is 0 Å². The molecule has 1 rings (SSSR count). The number of rotatable bonds is 2. The van der Waals surface area contributed by atoms with Crippen LogP contribution in [0.15, 0.2) is 29.2 Å². The lowest BCUT2D eigenvalue weighted by Crippen LogP contribution is -1.97. The SMILES string of the molecule is CC(=O)c1ccccc1[SH](=O)=O. The van der Waals surface area contributed by atoms with Crippen molar-refractivity contribution in [2.24, 2.45) is 0 Å². The Morgan fingerprint density at radius 3 is 2.25 bits per heavy atom. The second-order valence-corrected chi connectivity index (χ2v) is 3.33. The Morgan fingerprint density at radius 1 is 1.25 bits per heavy atom. The van der Waals surface area contributed by atoms with Gasteiger partial charge in [-0.25, -0.2) is 8.42 Å². The van der Waals surface area contributed by atoms with E-state index in [-0.39, 0.29) is 16.2 Å². The number of thiol groups is 1. The first-order valence-electron chi connectivity index (χ1n) is 3.37. The van der Waals surface area contributed by atoms with Gasteiger partial charge in [-0.3, -0.25) is 4.79 Å². The van der Waals surface area contributed by atoms with E-state index in [4.69, 9.17) is 0 Å². The van der Waals surface area contributed by atoms with E-state index in [1.54, 1.807) is 12.1 Å². The van der Waals surface area contributed by atoms with E-state index in [0.717, 1.165) is 0 Å². The summed E-state index contributed by atoms with van der Waals surface area (Å²) in [6, 6.07) is 6.15. The van der Waals surface area contributed by atoms with Gasteiger partial charge in [0.15, 0.2) is 16.5 Å². The van der Waals surface area contributed by atoms with Crippen LogP contribution in [0.1, 0.15) is 17.3 Å². The van der Waals surface area contributed by atoms with E-state index in [9.17, 15) is 13.2 Å². The van der Waals surface area contributed by atoms with Crippen LogP contribution >= 0.6 is 0 Å². The molecule has 0 saturated carbocycles. The zero-order chi connectivity index (χ0) is 9.14. The maximum Gasteiger partial charge on any atom is 0.169 e. The van der Waals surface area contributed by atoms with Gasteiger partial charge in [-0.1, -0.05) is 18.2 Å². The zero-order valence-corrected chi connectivity index (χ0v) is 7.38. The number of hydrogen-bond donors (Lipinski definition) is 1. The highest BCUT2D eigenvalue weighted by atomic mass is 32.2. The van der Waals surface area contributed by atoms with Crippen molar-refractivity contribution < 1.29 is 13.2 Å². The average molecular weight is 184 g/mol. The summed E-state index contributed by atoms with van der Waals surface area (Å²) < 4.78 is 21.2. The summed E-state index contributed by atoms with van der Waals surface area (Å²) in [5.41, 5.74) is 0.258. The Bertz CT molecular complexity index is 372. The Morgan fingerprint density at radius 2 is 1.83 bits per heavy atom. The number of Topliss-reactive ketones (excluding diaryl/α,β-unsaturated/α-hetero) is 1. The monoisotopic (exact) mass is 184 g/mol. The summed E-state index contributed by atoms with van der Waals surface area (Å²) in [6.07, 6.45) is 0. The number of hydrogen-bond acceptors (Lipinski definition) is 3.